The molecular weight excluding hydrogens is 469 g/mol. The Balaban J connectivity index is 1.60. The van der Waals surface area contributed by atoms with E-state index in [9.17, 15) is 24.1 Å². The third-order valence-electron chi connectivity index (χ3n) is 4.53. The topological polar surface area (TPSA) is 101 Å². The normalized spacial score (nSPS) is 10.5. The third-order valence-corrected chi connectivity index (χ3v) is 5.83. The first-order valence-corrected chi connectivity index (χ1v) is 11.2. The molecule has 2 N–H and O–H groups in total. The van der Waals surface area contributed by atoms with Crippen molar-refractivity contribution in [2.45, 2.75) is 11.3 Å². The molecule has 10 heteroatoms. The van der Waals surface area contributed by atoms with Crippen molar-refractivity contribution in [1.29, 1.82) is 0 Å². The molecule has 0 unspecified atom stereocenters. The average Bonchev–Trinajstić information content (AvgIpc) is 2.80. The van der Waals surface area contributed by atoms with Gasteiger partial charge in [-0.3, -0.25) is 19.7 Å². The molecule has 0 heterocycles. The van der Waals surface area contributed by atoms with Crippen LogP contribution >= 0.6 is 23.4 Å². The second-order valence-corrected chi connectivity index (χ2v) is 8.35. The zero-order valence-electron chi connectivity index (χ0n) is 17.2. The Bertz CT molecular complexity index is 1180. The molecule has 0 aliphatic heterocycles. The molecule has 7 nitrogen and oxygen atoms in total. The van der Waals surface area contributed by atoms with Gasteiger partial charge in [-0.2, -0.15) is 0 Å². The van der Waals surface area contributed by atoms with Crippen LogP contribution in [0.3, 0.4) is 0 Å². The van der Waals surface area contributed by atoms with E-state index in [1.807, 2.05) is 30.3 Å². The second kappa shape index (κ2) is 11.4. The number of nitro benzene ring substituents is 1. The summed E-state index contributed by atoms with van der Waals surface area (Å²) in [4.78, 5) is 35.7. The van der Waals surface area contributed by atoms with Crippen LogP contribution in [0.4, 0.5) is 15.8 Å². The maximum atomic E-state index is 13.9. The first-order valence-electron chi connectivity index (χ1n) is 9.82. The summed E-state index contributed by atoms with van der Waals surface area (Å²) < 4.78 is 13.9. The molecule has 0 aliphatic rings. The summed E-state index contributed by atoms with van der Waals surface area (Å²) in [6.45, 7) is 0.450. The SMILES string of the molecule is O=C(CSc1ccc(C(=O)Nc2ccc(Cl)cc2F)cc1[N+](=O)[O-])NCCc1ccccc1. The van der Waals surface area contributed by atoms with Crippen LogP contribution in [0.25, 0.3) is 0 Å². The number of carbonyl (C=O) groups excluding carboxylic acids is 2. The molecule has 0 bridgehead atoms. The Kier molecular flexibility index (Phi) is 8.39. The predicted molar refractivity (Wildman–Crippen MR) is 126 cm³/mol. The van der Waals surface area contributed by atoms with E-state index in [1.165, 1.54) is 24.3 Å². The molecular formula is C23H19ClFN3O4S. The van der Waals surface area contributed by atoms with Crippen molar-refractivity contribution in [1.82, 2.24) is 5.32 Å². The van der Waals surface area contributed by atoms with Crippen LogP contribution in [0.1, 0.15) is 15.9 Å². The quantitative estimate of drug-likeness (QED) is 0.249. The summed E-state index contributed by atoms with van der Waals surface area (Å²) in [5, 5.41) is 16.8. The molecule has 3 rings (SSSR count). The molecule has 33 heavy (non-hydrogen) atoms. The maximum absolute atomic E-state index is 13.9. The van der Waals surface area contributed by atoms with Crippen molar-refractivity contribution in [3.8, 4) is 0 Å². The predicted octanol–water partition coefficient (Wildman–Crippen LogP) is 5.09. The Labute approximate surface area is 198 Å². The van der Waals surface area contributed by atoms with Gasteiger partial charge >= 0.3 is 0 Å². The lowest BCUT2D eigenvalue weighted by atomic mass is 10.1. The molecule has 0 spiro atoms. The lowest BCUT2D eigenvalue weighted by Crippen LogP contribution is -2.27. The number of nitrogens with one attached hydrogen (secondary N) is 2. The van der Waals surface area contributed by atoms with Gasteiger partial charge < -0.3 is 10.6 Å². The molecule has 3 aromatic rings. The summed E-state index contributed by atoms with van der Waals surface area (Å²) in [6.07, 6.45) is 0.676. The summed E-state index contributed by atoms with van der Waals surface area (Å²) in [5.74, 6) is -1.72. The van der Waals surface area contributed by atoms with E-state index in [0.29, 0.717) is 13.0 Å². The number of thioether (sulfide) groups is 1. The minimum atomic E-state index is -0.726. The van der Waals surface area contributed by atoms with Crippen molar-refractivity contribution in [2.75, 3.05) is 17.6 Å². The fourth-order valence-corrected chi connectivity index (χ4v) is 3.89. The van der Waals surface area contributed by atoms with E-state index in [4.69, 9.17) is 11.6 Å². The van der Waals surface area contributed by atoms with E-state index >= 15 is 0 Å². The number of anilines is 1. The fourth-order valence-electron chi connectivity index (χ4n) is 2.89. The monoisotopic (exact) mass is 487 g/mol. The van der Waals surface area contributed by atoms with Crippen LogP contribution in [0.15, 0.2) is 71.6 Å². The summed E-state index contributed by atoms with van der Waals surface area (Å²) in [7, 11) is 0. The molecule has 2 amide bonds. The standard InChI is InChI=1S/C23H19ClFN3O4S/c24-17-7-8-19(18(25)13-17)27-23(30)16-6-9-21(20(12-16)28(31)32)33-14-22(29)26-11-10-15-4-2-1-3-5-15/h1-9,12-13H,10-11,14H2,(H,26,29)(H,27,30). The van der Waals surface area contributed by atoms with Gasteiger partial charge in [0.05, 0.1) is 21.3 Å². The minimum absolute atomic E-state index is 0.0167. The van der Waals surface area contributed by atoms with Crippen LogP contribution in [0.2, 0.25) is 5.02 Å². The Morgan fingerprint density at radius 3 is 2.52 bits per heavy atom. The van der Waals surface area contributed by atoms with Crippen molar-refractivity contribution in [2.24, 2.45) is 0 Å². The van der Waals surface area contributed by atoms with E-state index < -0.39 is 16.6 Å². The van der Waals surface area contributed by atoms with Gasteiger partial charge in [-0.05, 0) is 42.3 Å². The molecule has 0 aliphatic carbocycles. The zero-order chi connectivity index (χ0) is 23.8. The lowest BCUT2D eigenvalue weighted by molar-refractivity contribution is -0.387. The van der Waals surface area contributed by atoms with Crippen molar-refractivity contribution >= 4 is 46.6 Å². The highest BCUT2D eigenvalue weighted by molar-refractivity contribution is 8.00. The highest BCUT2D eigenvalue weighted by Gasteiger charge is 2.19. The molecule has 0 fully saturated rings. The van der Waals surface area contributed by atoms with Crippen molar-refractivity contribution in [3.63, 3.8) is 0 Å². The van der Waals surface area contributed by atoms with Gasteiger partial charge in [-0.15, -0.1) is 11.8 Å². The summed E-state index contributed by atoms with van der Waals surface area (Å²) >= 11 is 6.69. The van der Waals surface area contributed by atoms with Gasteiger partial charge in [0.25, 0.3) is 11.6 Å². The fraction of sp³-hybridized carbons (Fsp3) is 0.130. The van der Waals surface area contributed by atoms with Crippen LogP contribution in [-0.2, 0) is 11.2 Å². The van der Waals surface area contributed by atoms with Crippen LogP contribution in [0, 0.1) is 15.9 Å². The summed E-state index contributed by atoms with van der Waals surface area (Å²) in [6, 6.07) is 17.3. The minimum Gasteiger partial charge on any atom is -0.355 e. The molecule has 170 valence electrons. The van der Waals surface area contributed by atoms with Crippen LogP contribution < -0.4 is 10.6 Å². The Morgan fingerprint density at radius 1 is 1.06 bits per heavy atom. The Hall–Kier alpha value is -3.43. The zero-order valence-corrected chi connectivity index (χ0v) is 18.8. The average molecular weight is 488 g/mol. The number of halogens is 2. The highest BCUT2D eigenvalue weighted by atomic mass is 35.5. The van der Waals surface area contributed by atoms with E-state index in [-0.39, 0.29) is 38.5 Å². The first-order chi connectivity index (χ1) is 15.8. The molecule has 0 atom stereocenters. The number of nitrogens with zero attached hydrogens (tertiary/aromatic N) is 1. The van der Waals surface area contributed by atoms with Gasteiger partial charge in [-0.1, -0.05) is 41.9 Å². The van der Waals surface area contributed by atoms with E-state index in [2.05, 4.69) is 10.6 Å². The summed E-state index contributed by atoms with van der Waals surface area (Å²) in [5.41, 5.74) is 0.653. The molecule has 0 saturated carbocycles. The number of carbonyl (C=O) groups is 2. The molecule has 0 saturated heterocycles. The Morgan fingerprint density at radius 2 is 1.82 bits per heavy atom. The van der Waals surface area contributed by atoms with Crippen LogP contribution in [-0.4, -0.2) is 29.0 Å². The second-order valence-electron chi connectivity index (χ2n) is 6.89. The van der Waals surface area contributed by atoms with Crippen molar-refractivity contribution in [3.05, 3.63) is 98.8 Å². The maximum Gasteiger partial charge on any atom is 0.283 e. The smallest absolute Gasteiger partial charge is 0.283 e. The number of rotatable bonds is 9. The van der Waals surface area contributed by atoms with Gasteiger partial charge in [-0.25, -0.2) is 4.39 Å². The number of nitro groups is 1. The number of benzene rings is 3. The number of hydrogen-bond donors (Lipinski definition) is 2. The van der Waals surface area contributed by atoms with Gasteiger partial charge in [0.15, 0.2) is 0 Å². The molecule has 0 aromatic heterocycles. The van der Waals surface area contributed by atoms with Gasteiger partial charge in [0.1, 0.15) is 5.82 Å². The van der Waals surface area contributed by atoms with E-state index in [0.717, 1.165) is 29.5 Å². The molecule has 3 aromatic carbocycles. The van der Waals surface area contributed by atoms with Crippen LogP contribution in [0.5, 0.6) is 0 Å². The third kappa shape index (κ3) is 7.03. The highest BCUT2D eigenvalue weighted by Crippen LogP contribution is 2.30. The lowest BCUT2D eigenvalue weighted by Gasteiger charge is -2.09. The molecule has 0 radical (unpaired) electrons. The number of amides is 2. The number of hydrogen-bond acceptors (Lipinski definition) is 5. The van der Waals surface area contributed by atoms with Gasteiger partial charge in [0, 0.05) is 23.2 Å². The first kappa shape index (κ1) is 24.2. The largest absolute Gasteiger partial charge is 0.355 e. The van der Waals surface area contributed by atoms with E-state index in [1.54, 1.807) is 0 Å². The van der Waals surface area contributed by atoms with Gasteiger partial charge in [0.2, 0.25) is 5.91 Å². The van der Waals surface area contributed by atoms with Crippen molar-refractivity contribution < 1.29 is 18.9 Å².